The summed E-state index contributed by atoms with van der Waals surface area (Å²) in [5.74, 6) is 0.634. The maximum atomic E-state index is 13.8. The van der Waals surface area contributed by atoms with Crippen LogP contribution in [0.1, 0.15) is 23.3 Å². The molecule has 0 radical (unpaired) electrons. The van der Waals surface area contributed by atoms with Gasteiger partial charge >= 0.3 is 0 Å². The zero-order chi connectivity index (χ0) is 18.8. The smallest absolute Gasteiger partial charge is 0.146 e. The van der Waals surface area contributed by atoms with E-state index in [1.54, 1.807) is 6.07 Å². The maximum absolute atomic E-state index is 13.8. The van der Waals surface area contributed by atoms with Crippen LogP contribution in [0.3, 0.4) is 0 Å². The molecule has 0 amide bonds. The number of ether oxygens (including phenoxy) is 2. The van der Waals surface area contributed by atoms with Gasteiger partial charge in [0.25, 0.3) is 0 Å². The molecule has 1 aliphatic heterocycles. The van der Waals surface area contributed by atoms with Crippen LogP contribution in [-0.4, -0.2) is 29.3 Å². The summed E-state index contributed by atoms with van der Waals surface area (Å²) in [6.07, 6.45) is 2.97. The van der Waals surface area contributed by atoms with E-state index in [4.69, 9.17) is 9.47 Å². The molecule has 3 aromatic rings. The Balaban J connectivity index is 1.69. The van der Waals surface area contributed by atoms with Gasteiger partial charge in [-0.25, -0.2) is 14.4 Å². The predicted octanol–water partition coefficient (Wildman–Crippen LogP) is 4.31. The molecule has 6 nitrogen and oxygen atoms in total. The average Bonchev–Trinajstić information content (AvgIpc) is 3.01. The third kappa shape index (κ3) is 3.56. The lowest BCUT2D eigenvalue weighted by atomic mass is 10.1. The summed E-state index contributed by atoms with van der Waals surface area (Å²) in [5, 5.41) is 13.3. The molecule has 0 spiro atoms. The molecule has 138 valence electrons. The number of nitriles is 1. The number of aromatic nitrogens is 2. The Morgan fingerprint density at radius 2 is 2.15 bits per heavy atom. The molecule has 27 heavy (non-hydrogen) atoms. The number of anilines is 2. The number of thiophene rings is 1. The van der Waals surface area contributed by atoms with Crippen LogP contribution in [0.15, 0.2) is 24.5 Å². The zero-order valence-electron chi connectivity index (χ0n) is 14.7. The highest BCUT2D eigenvalue weighted by atomic mass is 32.1. The molecular formula is C19H17FN4O2S. The number of aryl methyl sites for hydroxylation is 1. The standard InChI is InChI=1S/C19H17FN4O2S/c1-11-16(9-21)27-19-17(11)18(22-10-23-19)24-14-3-2-12(20)8-15(14)26-13-4-6-25-7-5-13/h2-3,8,10,13H,4-7H2,1H3,(H,22,23,24). The molecule has 2 aromatic heterocycles. The summed E-state index contributed by atoms with van der Waals surface area (Å²) in [5.41, 5.74) is 1.45. The minimum atomic E-state index is -0.367. The monoisotopic (exact) mass is 384 g/mol. The van der Waals surface area contributed by atoms with Gasteiger partial charge in [0.1, 0.15) is 45.6 Å². The molecule has 1 N–H and O–H groups in total. The van der Waals surface area contributed by atoms with E-state index in [1.165, 1.54) is 29.8 Å². The van der Waals surface area contributed by atoms with Crippen molar-refractivity contribution in [1.29, 1.82) is 5.26 Å². The molecule has 0 unspecified atom stereocenters. The van der Waals surface area contributed by atoms with Crippen molar-refractivity contribution in [3.63, 3.8) is 0 Å². The second kappa shape index (κ2) is 7.47. The van der Waals surface area contributed by atoms with Crippen LogP contribution in [0.5, 0.6) is 5.75 Å². The van der Waals surface area contributed by atoms with Crippen molar-refractivity contribution >= 4 is 33.1 Å². The van der Waals surface area contributed by atoms with Crippen LogP contribution < -0.4 is 10.1 Å². The van der Waals surface area contributed by atoms with Crippen LogP contribution in [-0.2, 0) is 4.74 Å². The SMILES string of the molecule is Cc1c(C#N)sc2ncnc(Nc3ccc(F)cc3OC3CCOCC3)c12. The first-order valence-electron chi connectivity index (χ1n) is 8.61. The number of nitrogens with one attached hydrogen (secondary N) is 1. The molecule has 0 bridgehead atoms. The third-order valence-corrected chi connectivity index (χ3v) is 5.59. The van der Waals surface area contributed by atoms with Crippen molar-refractivity contribution in [2.24, 2.45) is 0 Å². The van der Waals surface area contributed by atoms with Gasteiger partial charge in [-0.1, -0.05) is 0 Å². The molecule has 0 atom stereocenters. The van der Waals surface area contributed by atoms with Gasteiger partial charge in [-0.05, 0) is 24.6 Å². The van der Waals surface area contributed by atoms with E-state index >= 15 is 0 Å². The number of halogens is 1. The van der Waals surface area contributed by atoms with E-state index < -0.39 is 0 Å². The van der Waals surface area contributed by atoms with Gasteiger partial charge in [0.05, 0.1) is 24.3 Å². The van der Waals surface area contributed by atoms with E-state index in [2.05, 4.69) is 21.4 Å². The molecule has 1 aliphatic rings. The minimum Gasteiger partial charge on any atom is -0.488 e. The largest absolute Gasteiger partial charge is 0.488 e. The van der Waals surface area contributed by atoms with E-state index in [0.717, 1.165) is 28.6 Å². The Morgan fingerprint density at radius 3 is 2.93 bits per heavy atom. The highest BCUT2D eigenvalue weighted by molar-refractivity contribution is 7.19. The molecule has 1 aromatic carbocycles. The van der Waals surface area contributed by atoms with Crippen molar-refractivity contribution < 1.29 is 13.9 Å². The molecule has 0 aliphatic carbocycles. The summed E-state index contributed by atoms with van der Waals surface area (Å²) in [4.78, 5) is 9.92. The summed E-state index contributed by atoms with van der Waals surface area (Å²) in [6, 6.07) is 6.56. The Labute approximate surface area is 159 Å². The molecule has 3 heterocycles. The Morgan fingerprint density at radius 1 is 1.33 bits per heavy atom. The number of fused-ring (bicyclic) bond motifs is 1. The molecule has 1 fully saturated rings. The normalized spacial score (nSPS) is 14.9. The quantitative estimate of drug-likeness (QED) is 0.722. The van der Waals surface area contributed by atoms with Gasteiger partial charge in [-0.15, -0.1) is 11.3 Å². The van der Waals surface area contributed by atoms with Crippen LogP contribution in [0.25, 0.3) is 10.2 Å². The Hall–Kier alpha value is -2.76. The second-order valence-electron chi connectivity index (χ2n) is 6.27. The topological polar surface area (TPSA) is 80.1 Å². The number of nitrogens with zero attached hydrogens (tertiary/aromatic N) is 3. The van der Waals surface area contributed by atoms with Crippen molar-refractivity contribution in [3.05, 3.63) is 40.8 Å². The van der Waals surface area contributed by atoms with Crippen LogP contribution in [0.2, 0.25) is 0 Å². The van der Waals surface area contributed by atoms with Crippen molar-refractivity contribution in [2.45, 2.75) is 25.9 Å². The minimum absolute atomic E-state index is 0.0143. The van der Waals surface area contributed by atoms with Gasteiger partial charge in [-0.3, -0.25) is 0 Å². The highest BCUT2D eigenvalue weighted by Crippen LogP contribution is 2.36. The summed E-state index contributed by atoms with van der Waals surface area (Å²) >= 11 is 1.33. The fourth-order valence-corrected chi connectivity index (χ4v) is 4.02. The maximum Gasteiger partial charge on any atom is 0.146 e. The average molecular weight is 384 g/mol. The fourth-order valence-electron chi connectivity index (χ4n) is 3.07. The fraction of sp³-hybridized carbons (Fsp3) is 0.316. The Kier molecular flexibility index (Phi) is 4.88. The van der Waals surface area contributed by atoms with Crippen molar-refractivity contribution in [3.8, 4) is 11.8 Å². The molecule has 1 saturated heterocycles. The van der Waals surface area contributed by atoms with Gasteiger partial charge in [-0.2, -0.15) is 5.26 Å². The Bertz CT molecular complexity index is 1020. The first-order chi connectivity index (χ1) is 13.2. The third-order valence-electron chi connectivity index (χ3n) is 4.49. The molecule has 0 saturated carbocycles. The molecule has 4 rings (SSSR count). The number of hydrogen-bond acceptors (Lipinski definition) is 7. The summed E-state index contributed by atoms with van der Waals surface area (Å²) < 4.78 is 25.2. The lowest BCUT2D eigenvalue weighted by Crippen LogP contribution is -2.26. The number of rotatable bonds is 4. The van der Waals surface area contributed by atoms with E-state index in [-0.39, 0.29) is 11.9 Å². The summed E-state index contributed by atoms with van der Waals surface area (Å²) in [7, 11) is 0. The molecule has 8 heteroatoms. The van der Waals surface area contributed by atoms with Gasteiger partial charge < -0.3 is 14.8 Å². The van der Waals surface area contributed by atoms with Crippen molar-refractivity contribution in [2.75, 3.05) is 18.5 Å². The van der Waals surface area contributed by atoms with E-state index in [1.807, 2.05) is 6.92 Å². The van der Waals surface area contributed by atoms with Gasteiger partial charge in [0.2, 0.25) is 0 Å². The van der Waals surface area contributed by atoms with Gasteiger partial charge in [0.15, 0.2) is 0 Å². The first-order valence-corrected chi connectivity index (χ1v) is 9.42. The number of benzene rings is 1. The lowest BCUT2D eigenvalue weighted by molar-refractivity contribution is 0.0257. The van der Waals surface area contributed by atoms with E-state index in [9.17, 15) is 9.65 Å². The molecular weight excluding hydrogens is 367 g/mol. The van der Waals surface area contributed by atoms with Crippen LogP contribution in [0.4, 0.5) is 15.9 Å². The van der Waals surface area contributed by atoms with Crippen molar-refractivity contribution in [1.82, 2.24) is 9.97 Å². The first kappa shape index (κ1) is 17.6. The zero-order valence-corrected chi connectivity index (χ0v) is 15.5. The van der Waals surface area contributed by atoms with E-state index in [0.29, 0.717) is 35.3 Å². The lowest BCUT2D eigenvalue weighted by Gasteiger charge is -2.24. The highest BCUT2D eigenvalue weighted by Gasteiger charge is 2.19. The second-order valence-corrected chi connectivity index (χ2v) is 7.26. The summed E-state index contributed by atoms with van der Waals surface area (Å²) in [6.45, 7) is 3.15. The number of hydrogen-bond donors (Lipinski definition) is 1. The van der Waals surface area contributed by atoms with Gasteiger partial charge in [0, 0.05) is 18.9 Å². The van der Waals surface area contributed by atoms with Crippen LogP contribution in [0, 0.1) is 24.1 Å². The predicted molar refractivity (Wildman–Crippen MR) is 101 cm³/mol. The van der Waals surface area contributed by atoms with Crippen LogP contribution >= 0.6 is 11.3 Å².